The molecule has 3 fully saturated rings. The lowest BCUT2D eigenvalue weighted by Crippen LogP contribution is -2.50. The Balaban J connectivity index is 1.49. The minimum atomic E-state index is 0.504. The third-order valence-electron chi connectivity index (χ3n) is 10.3. The summed E-state index contributed by atoms with van der Waals surface area (Å²) in [6, 6.07) is 0. The van der Waals surface area contributed by atoms with Gasteiger partial charge in [-0.25, -0.2) is 0 Å². The van der Waals surface area contributed by atoms with E-state index in [4.69, 9.17) is 12.6 Å². The Bertz CT molecular complexity index is 591. The average molecular weight is 403 g/mol. The molecule has 4 rings (SSSR count). The molecule has 4 aliphatic rings. The number of fused-ring (bicyclic) bond motifs is 5. The van der Waals surface area contributed by atoms with Crippen LogP contribution in [0.15, 0.2) is 11.6 Å². The fraction of sp³-hybridized carbons (Fsp3) is 0.926. The van der Waals surface area contributed by atoms with Gasteiger partial charge in [-0.05, 0) is 97.7 Å². The van der Waals surface area contributed by atoms with E-state index in [-0.39, 0.29) is 0 Å². The lowest BCUT2D eigenvalue weighted by Gasteiger charge is -2.58. The molecule has 0 heterocycles. The Hall–Kier alpha value is 0.0900. The van der Waals surface area contributed by atoms with Crippen LogP contribution in [0.5, 0.6) is 0 Å². The van der Waals surface area contributed by atoms with Crippen LogP contribution in [0.3, 0.4) is 0 Å². The Morgan fingerprint density at radius 3 is 2.54 bits per heavy atom. The van der Waals surface area contributed by atoms with Crippen LogP contribution in [-0.2, 0) is 0 Å². The molecule has 3 saturated carbocycles. The van der Waals surface area contributed by atoms with Crippen molar-refractivity contribution in [2.45, 2.75) is 110 Å². The molecule has 8 atom stereocenters. The Morgan fingerprint density at radius 1 is 1.00 bits per heavy atom. The monoisotopic (exact) mass is 402 g/mol. The zero-order valence-corrected chi connectivity index (χ0v) is 20.2. The molecule has 0 aromatic rings. The lowest BCUT2D eigenvalue weighted by molar-refractivity contribution is -0.0497. The van der Waals surface area contributed by atoms with E-state index < -0.39 is 0 Å². The third kappa shape index (κ3) is 3.54. The summed E-state index contributed by atoms with van der Waals surface area (Å²) in [5, 5.41) is 0.618. The van der Waals surface area contributed by atoms with Crippen molar-refractivity contribution in [1.82, 2.24) is 0 Å². The van der Waals surface area contributed by atoms with Gasteiger partial charge in [-0.3, -0.25) is 0 Å². The highest BCUT2D eigenvalue weighted by molar-refractivity contribution is 7.80. The molecule has 0 bridgehead atoms. The van der Waals surface area contributed by atoms with Crippen LogP contribution in [0.25, 0.3) is 0 Å². The van der Waals surface area contributed by atoms with E-state index in [0.717, 1.165) is 35.5 Å². The molecule has 0 spiro atoms. The van der Waals surface area contributed by atoms with Gasteiger partial charge in [0.25, 0.3) is 0 Å². The van der Waals surface area contributed by atoms with Gasteiger partial charge < -0.3 is 0 Å². The fourth-order valence-electron chi connectivity index (χ4n) is 8.67. The number of hydrogen-bond donors (Lipinski definition) is 1. The first-order valence-electron chi connectivity index (χ1n) is 12.6. The smallest absolute Gasteiger partial charge is 0.00545 e. The van der Waals surface area contributed by atoms with E-state index in [9.17, 15) is 0 Å². The van der Waals surface area contributed by atoms with Gasteiger partial charge in [0.2, 0.25) is 0 Å². The summed E-state index contributed by atoms with van der Waals surface area (Å²) in [6.45, 7) is 12.7. The molecule has 160 valence electrons. The second-order valence-corrected chi connectivity index (χ2v) is 12.9. The number of hydrogen-bond acceptors (Lipinski definition) is 1. The third-order valence-corrected chi connectivity index (χ3v) is 10.7. The first-order chi connectivity index (χ1) is 13.3. The quantitative estimate of drug-likeness (QED) is 0.347. The van der Waals surface area contributed by atoms with E-state index in [2.05, 4.69) is 40.7 Å². The van der Waals surface area contributed by atoms with Crippen molar-refractivity contribution in [2.24, 2.45) is 46.3 Å². The van der Waals surface area contributed by atoms with Crippen LogP contribution in [-0.4, -0.2) is 5.25 Å². The van der Waals surface area contributed by atoms with Gasteiger partial charge >= 0.3 is 0 Å². The van der Waals surface area contributed by atoms with Gasteiger partial charge in [-0.2, -0.15) is 12.6 Å². The van der Waals surface area contributed by atoms with Gasteiger partial charge in [-0.1, -0.05) is 65.5 Å². The maximum atomic E-state index is 4.84. The van der Waals surface area contributed by atoms with Crippen molar-refractivity contribution in [1.29, 1.82) is 0 Å². The van der Waals surface area contributed by atoms with Crippen molar-refractivity contribution >= 4 is 12.6 Å². The van der Waals surface area contributed by atoms with E-state index in [1.165, 1.54) is 70.6 Å². The molecule has 4 aliphatic carbocycles. The van der Waals surface area contributed by atoms with E-state index in [0.29, 0.717) is 16.1 Å². The molecule has 0 aromatic heterocycles. The van der Waals surface area contributed by atoms with Crippen LogP contribution in [0.4, 0.5) is 0 Å². The van der Waals surface area contributed by atoms with Crippen LogP contribution in [0.1, 0.15) is 105 Å². The maximum absolute atomic E-state index is 4.84. The molecule has 0 N–H and O–H groups in total. The Kier molecular flexibility index (Phi) is 6.07. The first kappa shape index (κ1) is 21.3. The summed E-state index contributed by atoms with van der Waals surface area (Å²) in [4.78, 5) is 0. The van der Waals surface area contributed by atoms with Crippen molar-refractivity contribution in [3.63, 3.8) is 0 Å². The SMILES string of the molecule is CC(C)CCC[C@@H](C)[C@@H]1CC[C@@H]2[C@H]3CC=C4C[C@@H](S)CC[C@]4(C)[C@@H]3CC[C@]21C. The number of thiol groups is 1. The maximum Gasteiger partial charge on any atom is 0.00545 e. The minimum Gasteiger partial charge on any atom is -0.176 e. The molecule has 0 saturated heterocycles. The van der Waals surface area contributed by atoms with Crippen molar-refractivity contribution in [3.05, 3.63) is 11.6 Å². The second-order valence-electron chi connectivity index (χ2n) is 12.2. The highest BCUT2D eigenvalue weighted by Gasteiger charge is 2.58. The van der Waals surface area contributed by atoms with Crippen LogP contribution in [0, 0.1) is 46.3 Å². The molecule has 0 nitrogen and oxygen atoms in total. The fourth-order valence-corrected chi connectivity index (χ4v) is 8.99. The number of allylic oxidation sites excluding steroid dienone is 2. The van der Waals surface area contributed by atoms with Crippen LogP contribution < -0.4 is 0 Å². The van der Waals surface area contributed by atoms with Crippen molar-refractivity contribution < 1.29 is 0 Å². The van der Waals surface area contributed by atoms with Gasteiger partial charge in [-0.15, -0.1) is 0 Å². The molecule has 0 unspecified atom stereocenters. The normalized spacial score (nSPS) is 46.5. The molecular weight excluding hydrogens is 356 g/mol. The van der Waals surface area contributed by atoms with Crippen molar-refractivity contribution in [3.8, 4) is 0 Å². The molecular formula is C27H46S. The van der Waals surface area contributed by atoms with E-state index >= 15 is 0 Å². The molecule has 28 heavy (non-hydrogen) atoms. The summed E-state index contributed by atoms with van der Waals surface area (Å²) in [5.41, 5.74) is 2.92. The average Bonchev–Trinajstić information content (AvgIpc) is 2.99. The molecule has 0 aliphatic heterocycles. The highest BCUT2D eigenvalue weighted by Crippen LogP contribution is 2.67. The first-order valence-corrected chi connectivity index (χ1v) is 13.1. The molecule has 1 heteroatoms. The Labute approximate surface area is 181 Å². The standard InChI is InChI=1S/C27H46S/c1-18(2)7-6-8-19(3)23-11-12-24-22-10-9-20-17-21(28)13-15-26(20,4)25(22)14-16-27(23,24)5/h9,18-19,21-25,28H,6-8,10-17H2,1-5H3/t19-,21+,22-,23+,24-,25-,26+,27+/m1/s1. The minimum absolute atomic E-state index is 0.504. The molecule has 0 aromatic carbocycles. The molecule has 0 radical (unpaired) electrons. The second kappa shape index (κ2) is 7.97. The van der Waals surface area contributed by atoms with E-state index in [1.54, 1.807) is 5.57 Å². The summed E-state index contributed by atoms with van der Waals surface area (Å²) < 4.78 is 0. The summed E-state index contributed by atoms with van der Waals surface area (Å²) in [7, 11) is 0. The van der Waals surface area contributed by atoms with Crippen LogP contribution >= 0.6 is 12.6 Å². The van der Waals surface area contributed by atoms with Gasteiger partial charge in [0.15, 0.2) is 0 Å². The summed E-state index contributed by atoms with van der Waals surface area (Å²) in [6.07, 6.45) is 18.4. The van der Waals surface area contributed by atoms with E-state index in [1.807, 2.05) is 0 Å². The summed E-state index contributed by atoms with van der Waals surface area (Å²) >= 11 is 4.84. The van der Waals surface area contributed by atoms with Gasteiger partial charge in [0, 0.05) is 5.25 Å². The van der Waals surface area contributed by atoms with Gasteiger partial charge in [0.05, 0.1) is 0 Å². The van der Waals surface area contributed by atoms with Crippen LogP contribution in [0.2, 0.25) is 0 Å². The van der Waals surface area contributed by atoms with Gasteiger partial charge in [0.1, 0.15) is 0 Å². The number of rotatable bonds is 5. The summed E-state index contributed by atoms with van der Waals surface area (Å²) in [5.74, 6) is 5.70. The molecule has 0 amide bonds. The highest BCUT2D eigenvalue weighted by atomic mass is 32.1. The topological polar surface area (TPSA) is 0 Å². The predicted molar refractivity (Wildman–Crippen MR) is 126 cm³/mol. The zero-order chi connectivity index (χ0) is 20.1. The van der Waals surface area contributed by atoms with Crippen molar-refractivity contribution in [2.75, 3.05) is 0 Å². The lowest BCUT2D eigenvalue weighted by atomic mass is 9.47. The largest absolute Gasteiger partial charge is 0.176 e. The predicted octanol–water partition coefficient (Wildman–Crippen LogP) is 8.33. The zero-order valence-electron chi connectivity index (χ0n) is 19.3. The Morgan fingerprint density at radius 2 is 1.79 bits per heavy atom.